The lowest BCUT2D eigenvalue weighted by Gasteiger charge is -2.08. The van der Waals surface area contributed by atoms with Gasteiger partial charge in [-0.15, -0.1) is 0 Å². The highest BCUT2D eigenvalue weighted by molar-refractivity contribution is 6.01. The number of aromatic nitrogens is 2. The van der Waals surface area contributed by atoms with Crippen molar-refractivity contribution in [2.75, 3.05) is 12.4 Å². The summed E-state index contributed by atoms with van der Waals surface area (Å²) in [6.45, 7) is 0.630. The maximum Gasteiger partial charge on any atom is 0.226 e. The molecule has 0 unspecified atom stereocenters. The number of aryl methyl sites for hydroxylation is 1. The van der Waals surface area contributed by atoms with Gasteiger partial charge in [-0.3, -0.25) is 4.79 Å². The molecule has 2 aromatic heterocycles. The molecule has 5 heteroatoms. The molecule has 126 valence electrons. The molecule has 4 rings (SSSR count). The van der Waals surface area contributed by atoms with Crippen LogP contribution in [0.5, 0.6) is 5.75 Å². The number of aromatic amines is 1. The highest BCUT2D eigenvalue weighted by atomic mass is 16.5. The van der Waals surface area contributed by atoms with E-state index in [0.29, 0.717) is 13.0 Å². The molecule has 2 N–H and O–H groups in total. The number of carbonyl (C=O) groups excluding carboxylic acids is 1. The second-order valence-electron chi connectivity index (χ2n) is 5.98. The van der Waals surface area contributed by atoms with Crippen molar-refractivity contribution in [3.8, 4) is 5.75 Å². The number of rotatable bonds is 5. The molecule has 0 aliphatic rings. The zero-order valence-corrected chi connectivity index (χ0v) is 14.0. The van der Waals surface area contributed by atoms with Crippen LogP contribution in [0.1, 0.15) is 6.42 Å². The Bertz CT molecular complexity index is 1050. The minimum atomic E-state index is 0.00376. The molecule has 0 atom stereocenters. The fraction of sp³-hybridized carbons (Fsp3) is 0.150. The number of carbonyl (C=O) groups is 1. The summed E-state index contributed by atoms with van der Waals surface area (Å²) < 4.78 is 7.34. The number of methoxy groups -OCH3 is 1. The summed E-state index contributed by atoms with van der Waals surface area (Å²) in [6, 6.07) is 15.8. The molecule has 0 bridgehead atoms. The molecule has 1 amide bonds. The van der Waals surface area contributed by atoms with Crippen LogP contribution in [0.15, 0.2) is 60.9 Å². The molecular formula is C20H19N3O2. The average molecular weight is 333 g/mol. The standard InChI is InChI=1S/C20H19N3O2/c1-25-15-5-6-19-14(13-15)8-11-23(19)12-9-20(24)22-18-4-2-3-17-16(18)7-10-21-17/h2-8,10-11,13,21H,9,12H2,1H3,(H,22,24). The second-order valence-corrected chi connectivity index (χ2v) is 5.98. The molecular weight excluding hydrogens is 314 g/mol. The summed E-state index contributed by atoms with van der Waals surface area (Å²) >= 11 is 0. The number of hydrogen-bond acceptors (Lipinski definition) is 2. The minimum absolute atomic E-state index is 0.00376. The molecule has 5 nitrogen and oxygen atoms in total. The lowest BCUT2D eigenvalue weighted by atomic mass is 10.2. The number of fused-ring (bicyclic) bond motifs is 2. The first-order valence-electron chi connectivity index (χ1n) is 8.23. The summed E-state index contributed by atoms with van der Waals surface area (Å²) in [7, 11) is 1.66. The van der Waals surface area contributed by atoms with Gasteiger partial charge in [0.1, 0.15) is 5.75 Å². The number of H-pyrrole nitrogens is 1. The first kappa shape index (κ1) is 15.3. The van der Waals surface area contributed by atoms with E-state index in [1.165, 1.54) is 0 Å². The number of ether oxygens (including phenoxy) is 1. The normalized spacial score (nSPS) is 11.1. The molecule has 0 saturated carbocycles. The zero-order valence-electron chi connectivity index (χ0n) is 14.0. The lowest BCUT2D eigenvalue weighted by molar-refractivity contribution is -0.116. The van der Waals surface area contributed by atoms with Gasteiger partial charge in [0.25, 0.3) is 0 Å². The topological polar surface area (TPSA) is 59.0 Å². The molecule has 0 saturated heterocycles. The number of amides is 1. The Kier molecular flexibility index (Phi) is 3.90. The van der Waals surface area contributed by atoms with Crippen molar-refractivity contribution in [2.45, 2.75) is 13.0 Å². The van der Waals surface area contributed by atoms with Crippen LogP contribution in [0.2, 0.25) is 0 Å². The van der Waals surface area contributed by atoms with E-state index >= 15 is 0 Å². The van der Waals surface area contributed by atoms with Crippen molar-refractivity contribution in [3.63, 3.8) is 0 Å². The van der Waals surface area contributed by atoms with Gasteiger partial charge in [-0.1, -0.05) is 6.07 Å². The lowest BCUT2D eigenvalue weighted by Crippen LogP contribution is -2.14. The van der Waals surface area contributed by atoms with Gasteiger partial charge in [0.15, 0.2) is 0 Å². The Morgan fingerprint density at radius 1 is 1.20 bits per heavy atom. The molecule has 0 radical (unpaired) electrons. The van der Waals surface area contributed by atoms with Gasteiger partial charge in [0, 0.05) is 47.2 Å². The van der Waals surface area contributed by atoms with Crippen molar-refractivity contribution in [1.82, 2.24) is 9.55 Å². The molecule has 0 spiro atoms. The average Bonchev–Trinajstić information content (AvgIpc) is 3.26. The number of anilines is 1. The Morgan fingerprint density at radius 2 is 2.12 bits per heavy atom. The monoisotopic (exact) mass is 333 g/mol. The summed E-state index contributed by atoms with van der Waals surface area (Å²) in [4.78, 5) is 15.5. The largest absolute Gasteiger partial charge is 0.497 e. The van der Waals surface area contributed by atoms with E-state index in [1.807, 2.05) is 60.9 Å². The van der Waals surface area contributed by atoms with Crippen LogP contribution in [0.3, 0.4) is 0 Å². The van der Waals surface area contributed by atoms with Gasteiger partial charge < -0.3 is 19.6 Å². The number of nitrogens with zero attached hydrogens (tertiary/aromatic N) is 1. The summed E-state index contributed by atoms with van der Waals surface area (Å²) in [5.41, 5.74) is 2.95. The van der Waals surface area contributed by atoms with Gasteiger partial charge in [0.2, 0.25) is 5.91 Å². The molecule has 0 fully saturated rings. The van der Waals surface area contributed by atoms with Crippen LogP contribution in [0, 0.1) is 0 Å². The van der Waals surface area contributed by atoms with Crippen molar-refractivity contribution in [1.29, 1.82) is 0 Å². The molecule has 0 aliphatic carbocycles. The molecule has 4 aromatic rings. The van der Waals surface area contributed by atoms with Gasteiger partial charge >= 0.3 is 0 Å². The van der Waals surface area contributed by atoms with E-state index in [0.717, 1.165) is 33.2 Å². The molecule has 0 aliphatic heterocycles. The Hall–Kier alpha value is -3.21. The van der Waals surface area contributed by atoms with Crippen LogP contribution in [-0.4, -0.2) is 22.6 Å². The third-order valence-corrected chi connectivity index (χ3v) is 4.43. The zero-order chi connectivity index (χ0) is 17.2. The SMILES string of the molecule is COc1ccc2c(ccn2CCC(=O)Nc2cccc3[nH]ccc23)c1. The highest BCUT2D eigenvalue weighted by Crippen LogP contribution is 2.23. The highest BCUT2D eigenvalue weighted by Gasteiger charge is 2.08. The first-order chi connectivity index (χ1) is 12.2. The van der Waals surface area contributed by atoms with Gasteiger partial charge in [0.05, 0.1) is 12.8 Å². The van der Waals surface area contributed by atoms with Crippen molar-refractivity contribution in [2.24, 2.45) is 0 Å². The maximum absolute atomic E-state index is 12.4. The predicted molar refractivity (Wildman–Crippen MR) is 100 cm³/mol. The predicted octanol–water partition coefficient (Wildman–Crippen LogP) is 4.16. The Labute approximate surface area is 145 Å². The first-order valence-corrected chi connectivity index (χ1v) is 8.23. The van der Waals surface area contributed by atoms with E-state index in [9.17, 15) is 4.79 Å². The van der Waals surface area contributed by atoms with E-state index in [1.54, 1.807) is 7.11 Å². The van der Waals surface area contributed by atoms with Crippen LogP contribution < -0.4 is 10.1 Å². The summed E-state index contributed by atoms with van der Waals surface area (Å²) in [5, 5.41) is 5.14. The Balaban J connectivity index is 1.46. The van der Waals surface area contributed by atoms with Gasteiger partial charge in [-0.25, -0.2) is 0 Å². The Morgan fingerprint density at radius 3 is 3.00 bits per heavy atom. The minimum Gasteiger partial charge on any atom is -0.497 e. The quantitative estimate of drug-likeness (QED) is 0.576. The van der Waals surface area contributed by atoms with Gasteiger partial charge in [-0.2, -0.15) is 0 Å². The van der Waals surface area contributed by atoms with Gasteiger partial charge in [-0.05, 0) is 42.5 Å². The van der Waals surface area contributed by atoms with E-state index in [2.05, 4.69) is 14.9 Å². The van der Waals surface area contributed by atoms with Crippen molar-refractivity contribution >= 4 is 33.4 Å². The fourth-order valence-corrected chi connectivity index (χ4v) is 3.13. The van der Waals surface area contributed by atoms with Crippen LogP contribution >= 0.6 is 0 Å². The number of hydrogen-bond donors (Lipinski definition) is 2. The second kappa shape index (κ2) is 6.36. The van der Waals surface area contributed by atoms with E-state index < -0.39 is 0 Å². The van der Waals surface area contributed by atoms with Crippen LogP contribution in [0.4, 0.5) is 5.69 Å². The smallest absolute Gasteiger partial charge is 0.226 e. The number of nitrogens with one attached hydrogen (secondary N) is 2. The third-order valence-electron chi connectivity index (χ3n) is 4.43. The summed E-state index contributed by atoms with van der Waals surface area (Å²) in [6.07, 6.45) is 4.29. The number of benzene rings is 2. The van der Waals surface area contributed by atoms with E-state index in [-0.39, 0.29) is 5.91 Å². The molecule has 2 aromatic carbocycles. The molecule has 2 heterocycles. The summed E-state index contributed by atoms with van der Waals surface area (Å²) in [5.74, 6) is 0.839. The van der Waals surface area contributed by atoms with Crippen LogP contribution in [0.25, 0.3) is 21.8 Å². The third kappa shape index (κ3) is 2.96. The van der Waals surface area contributed by atoms with Crippen molar-refractivity contribution < 1.29 is 9.53 Å². The van der Waals surface area contributed by atoms with E-state index in [4.69, 9.17) is 4.74 Å². The fourth-order valence-electron chi connectivity index (χ4n) is 3.13. The molecule has 25 heavy (non-hydrogen) atoms. The van der Waals surface area contributed by atoms with Crippen molar-refractivity contribution in [3.05, 3.63) is 60.9 Å². The van der Waals surface area contributed by atoms with Crippen LogP contribution in [-0.2, 0) is 11.3 Å². The maximum atomic E-state index is 12.4.